The third-order valence-corrected chi connectivity index (χ3v) is 3.27. The minimum atomic E-state index is 0.463. The lowest BCUT2D eigenvalue weighted by molar-refractivity contribution is 0.266. The number of nitrogens with two attached hydrogens (primary N) is 1. The molecule has 0 bridgehead atoms. The Labute approximate surface area is 70.4 Å². The molecule has 1 aliphatic rings. The summed E-state index contributed by atoms with van der Waals surface area (Å²) in [4.78, 5) is 0. The van der Waals surface area contributed by atoms with E-state index in [9.17, 15) is 0 Å². The fraction of sp³-hybridized carbons (Fsp3) is 1.00. The molecule has 3 atom stereocenters. The van der Waals surface area contributed by atoms with Crippen molar-refractivity contribution in [2.24, 2.45) is 17.6 Å². The van der Waals surface area contributed by atoms with E-state index in [0.717, 1.165) is 11.8 Å². The molecule has 1 fully saturated rings. The first kappa shape index (κ1) is 9.05. The van der Waals surface area contributed by atoms with E-state index in [0.29, 0.717) is 6.04 Å². The maximum absolute atomic E-state index is 6.04. The number of hydrogen-bond donors (Lipinski definition) is 1. The van der Waals surface area contributed by atoms with E-state index in [4.69, 9.17) is 5.73 Å². The number of rotatable bonds is 0. The van der Waals surface area contributed by atoms with Crippen molar-refractivity contribution in [3.05, 3.63) is 0 Å². The van der Waals surface area contributed by atoms with Crippen molar-refractivity contribution in [2.45, 2.75) is 52.0 Å². The molecule has 1 rings (SSSR count). The van der Waals surface area contributed by atoms with Crippen molar-refractivity contribution >= 4 is 0 Å². The second kappa shape index (κ2) is 4.10. The summed E-state index contributed by atoms with van der Waals surface area (Å²) in [5, 5.41) is 0. The van der Waals surface area contributed by atoms with Gasteiger partial charge in [0, 0.05) is 6.04 Å². The zero-order chi connectivity index (χ0) is 8.27. The summed E-state index contributed by atoms with van der Waals surface area (Å²) >= 11 is 0. The molecule has 0 aromatic rings. The van der Waals surface area contributed by atoms with Gasteiger partial charge < -0.3 is 5.73 Å². The molecule has 0 heterocycles. The van der Waals surface area contributed by atoms with Crippen LogP contribution in [0.5, 0.6) is 0 Å². The van der Waals surface area contributed by atoms with Crippen LogP contribution in [0.15, 0.2) is 0 Å². The molecule has 11 heavy (non-hydrogen) atoms. The van der Waals surface area contributed by atoms with Gasteiger partial charge in [-0.25, -0.2) is 0 Å². The van der Waals surface area contributed by atoms with Crippen LogP contribution >= 0.6 is 0 Å². The van der Waals surface area contributed by atoms with E-state index in [2.05, 4.69) is 13.8 Å². The summed E-state index contributed by atoms with van der Waals surface area (Å²) in [6.07, 6.45) is 6.78. The van der Waals surface area contributed by atoms with Crippen molar-refractivity contribution in [1.29, 1.82) is 0 Å². The lowest BCUT2D eigenvalue weighted by atomic mass is 9.81. The largest absolute Gasteiger partial charge is 0.327 e. The van der Waals surface area contributed by atoms with Crippen LogP contribution in [-0.2, 0) is 0 Å². The SMILES string of the molecule is CC1CCCCCC(N)C1C. The zero-order valence-corrected chi connectivity index (χ0v) is 7.84. The van der Waals surface area contributed by atoms with Gasteiger partial charge in [0.15, 0.2) is 0 Å². The van der Waals surface area contributed by atoms with Gasteiger partial charge >= 0.3 is 0 Å². The van der Waals surface area contributed by atoms with Gasteiger partial charge in [-0.05, 0) is 18.3 Å². The molecule has 1 nitrogen and oxygen atoms in total. The maximum Gasteiger partial charge on any atom is 0.00670 e. The Balaban J connectivity index is 2.42. The summed E-state index contributed by atoms with van der Waals surface area (Å²) < 4.78 is 0. The van der Waals surface area contributed by atoms with Gasteiger partial charge in [-0.2, -0.15) is 0 Å². The van der Waals surface area contributed by atoms with Crippen molar-refractivity contribution in [3.8, 4) is 0 Å². The van der Waals surface area contributed by atoms with Gasteiger partial charge in [0.25, 0.3) is 0 Å². The van der Waals surface area contributed by atoms with Crippen LogP contribution in [0.1, 0.15) is 46.0 Å². The van der Waals surface area contributed by atoms with Crippen molar-refractivity contribution in [2.75, 3.05) is 0 Å². The average molecular weight is 155 g/mol. The molecule has 1 saturated carbocycles. The highest BCUT2D eigenvalue weighted by Gasteiger charge is 2.20. The van der Waals surface area contributed by atoms with E-state index >= 15 is 0 Å². The Hall–Kier alpha value is -0.0400. The Bertz CT molecular complexity index is 99.4. The monoisotopic (exact) mass is 155 g/mol. The fourth-order valence-corrected chi connectivity index (χ4v) is 1.97. The Morgan fingerprint density at radius 2 is 1.64 bits per heavy atom. The van der Waals surface area contributed by atoms with E-state index < -0.39 is 0 Å². The van der Waals surface area contributed by atoms with Gasteiger partial charge in [0.05, 0.1) is 0 Å². The molecule has 0 aromatic carbocycles. The predicted octanol–water partition coefficient (Wildman–Crippen LogP) is 2.55. The van der Waals surface area contributed by atoms with E-state index in [1.54, 1.807) is 0 Å². The highest BCUT2D eigenvalue weighted by Crippen LogP contribution is 2.26. The highest BCUT2D eigenvalue weighted by molar-refractivity contribution is 4.76. The molecule has 1 aliphatic carbocycles. The predicted molar refractivity (Wildman–Crippen MR) is 49.4 cm³/mol. The van der Waals surface area contributed by atoms with Gasteiger partial charge in [0.1, 0.15) is 0 Å². The molecule has 0 radical (unpaired) electrons. The first-order chi connectivity index (χ1) is 5.22. The van der Waals surface area contributed by atoms with Gasteiger partial charge in [0.2, 0.25) is 0 Å². The Morgan fingerprint density at radius 1 is 1.00 bits per heavy atom. The van der Waals surface area contributed by atoms with E-state index in [1.165, 1.54) is 32.1 Å². The summed E-state index contributed by atoms with van der Waals surface area (Å²) in [6, 6.07) is 0.463. The molecule has 1 heteroatoms. The van der Waals surface area contributed by atoms with Crippen molar-refractivity contribution < 1.29 is 0 Å². The van der Waals surface area contributed by atoms with E-state index in [-0.39, 0.29) is 0 Å². The fourth-order valence-electron chi connectivity index (χ4n) is 1.97. The van der Waals surface area contributed by atoms with Crippen LogP contribution in [0.2, 0.25) is 0 Å². The first-order valence-corrected chi connectivity index (χ1v) is 4.97. The third-order valence-electron chi connectivity index (χ3n) is 3.27. The second-order valence-corrected chi connectivity index (χ2v) is 4.14. The molecule has 3 unspecified atom stereocenters. The van der Waals surface area contributed by atoms with Crippen LogP contribution in [-0.4, -0.2) is 6.04 Å². The molecule has 0 aliphatic heterocycles. The molecular weight excluding hydrogens is 134 g/mol. The summed E-state index contributed by atoms with van der Waals surface area (Å²) in [5.41, 5.74) is 6.04. The second-order valence-electron chi connectivity index (χ2n) is 4.14. The normalized spacial score (nSPS) is 41.2. The average Bonchev–Trinajstić information content (AvgIpc) is 2.00. The lowest BCUT2D eigenvalue weighted by Gasteiger charge is -2.28. The topological polar surface area (TPSA) is 26.0 Å². The summed E-state index contributed by atoms with van der Waals surface area (Å²) in [6.45, 7) is 4.65. The van der Waals surface area contributed by atoms with Crippen molar-refractivity contribution in [1.82, 2.24) is 0 Å². The molecule has 66 valence electrons. The molecule has 0 saturated heterocycles. The van der Waals surface area contributed by atoms with Crippen molar-refractivity contribution in [3.63, 3.8) is 0 Å². The maximum atomic E-state index is 6.04. The smallest absolute Gasteiger partial charge is 0.00670 e. The van der Waals surface area contributed by atoms with Crippen LogP contribution in [0, 0.1) is 11.8 Å². The van der Waals surface area contributed by atoms with E-state index in [1.807, 2.05) is 0 Å². The quantitative estimate of drug-likeness (QED) is 0.571. The van der Waals surface area contributed by atoms with Gasteiger partial charge in [-0.3, -0.25) is 0 Å². The molecular formula is C10H21N. The standard InChI is InChI=1S/C10H21N/c1-8-6-4-3-5-7-10(11)9(8)2/h8-10H,3-7,11H2,1-2H3. The molecule has 0 aromatic heterocycles. The summed E-state index contributed by atoms with van der Waals surface area (Å²) in [7, 11) is 0. The van der Waals surface area contributed by atoms with Crippen LogP contribution in [0.25, 0.3) is 0 Å². The lowest BCUT2D eigenvalue weighted by Crippen LogP contribution is -2.33. The van der Waals surface area contributed by atoms with Crippen LogP contribution in [0.4, 0.5) is 0 Å². The minimum Gasteiger partial charge on any atom is -0.327 e. The molecule has 2 N–H and O–H groups in total. The Kier molecular flexibility index (Phi) is 3.38. The molecule has 0 spiro atoms. The van der Waals surface area contributed by atoms with Crippen LogP contribution < -0.4 is 5.73 Å². The summed E-state index contributed by atoms with van der Waals surface area (Å²) in [5.74, 6) is 1.57. The molecule has 0 amide bonds. The van der Waals surface area contributed by atoms with Gasteiger partial charge in [-0.15, -0.1) is 0 Å². The number of hydrogen-bond acceptors (Lipinski definition) is 1. The van der Waals surface area contributed by atoms with Crippen LogP contribution in [0.3, 0.4) is 0 Å². The first-order valence-electron chi connectivity index (χ1n) is 4.97. The Morgan fingerprint density at radius 3 is 2.36 bits per heavy atom. The van der Waals surface area contributed by atoms with Gasteiger partial charge in [-0.1, -0.05) is 39.5 Å². The third kappa shape index (κ3) is 2.48. The zero-order valence-electron chi connectivity index (χ0n) is 7.84. The highest BCUT2D eigenvalue weighted by atomic mass is 14.6. The minimum absolute atomic E-state index is 0.463.